The van der Waals surface area contributed by atoms with E-state index in [1.165, 1.54) is 31.2 Å². The lowest BCUT2D eigenvalue weighted by Crippen LogP contribution is -2.41. The first-order valence-corrected chi connectivity index (χ1v) is 12.2. The van der Waals surface area contributed by atoms with Crippen LogP contribution in [0.4, 0.5) is 10.3 Å². The zero-order valence-electron chi connectivity index (χ0n) is 21.3. The first-order chi connectivity index (χ1) is 19.7. The fourth-order valence-corrected chi connectivity index (χ4v) is 4.46. The number of benzene rings is 2. The lowest BCUT2D eigenvalue weighted by atomic mass is 9.96. The summed E-state index contributed by atoms with van der Waals surface area (Å²) >= 11 is 0. The molecular formula is C26H21FN8O6. The number of aromatic nitrogens is 4. The number of nitrogens with zero attached hydrogens (tertiary/aromatic N) is 6. The number of ketones is 1. The normalized spacial score (nSPS) is 21.7. The van der Waals surface area contributed by atoms with Gasteiger partial charge in [0, 0.05) is 23.8 Å². The molecule has 1 amide bonds. The molecule has 0 unspecified atom stereocenters. The second-order valence-electron chi connectivity index (χ2n) is 9.07. The van der Waals surface area contributed by atoms with Gasteiger partial charge in [0.1, 0.15) is 0 Å². The lowest BCUT2D eigenvalue weighted by molar-refractivity contribution is -0.114. The summed E-state index contributed by atoms with van der Waals surface area (Å²) in [5.74, 6) is -2.29. The van der Waals surface area contributed by atoms with Gasteiger partial charge in [-0.3, -0.25) is 29.3 Å². The van der Waals surface area contributed by atoms with Gasteiger partial charge < -0.3 is 9.47 Å². The van der Waals surface area contributed by atoms with E-state index < -0.39 is 53.9 Å². The molecule has 2 aromatic carbocycles. The van der Waals surface area contributed by atoms with Crippen molar-refractivity contribution in [2.75, 3.05) is 5.32 Å². The van der Waals surface area contributed by atoms with Crippen molar-refractivity contribution in [3.8, 4) is 0 Å². The second kappa shape index (κ2) is 11.0. The Balaban J connectivity index is 1.61. The predicted octanol–water partition coefficient (Wildman–Crippen LogP) is 3.45. The molecule has 15 heteroatoms. The van der Waals surface area contributed by atoms with Crippen molar-refractivity contribution in [2.45, 2.75) is 37.6 Å². The summed E-state index contributed by atoms with van der Waals surface area (Å²) in [6, 6.07) is 15.6. The molecule has 0 spiro atoms. The third kappa shape index (κ3) is 5.26. The molecule has 208 valence electrons. The van der Waals surface area contributed by atoms with Crippen LogP contribution >= 0.6 is 0 Å². The van der Waals surface area contributed by atoms with Gasteiger partial charge in [0.2, 0.25) is 11.9 Å². The lowest BCUT2D eigenvalue weighted by Gasteiger charge is -2.24. The molecule has 0 saturated carbocycles. The average molecular weight is 561 g/mol. The number of rotatable bonds is 8. The number of Topliss-reactive ketones (excluding diaryl/α,β-unsaturated/α-hetero) is 1. The number of hydrogen-bond donors (Lipinski definition) is 2. The van der Waals surface area contributed by atoms with E-state index in [1.54, 1.807) is 36.4 Å². The van der Waals surface area contributed by atoms with E-state index in [9.17, 15) is 24.7 Å². The van der Waals surface area contributed by atoms with Crippen LogP contribution in [0.25, 0.3) is 21.6 Å². The third-order valence-corrected chi connectivity index (χ3v) is 6.30. The number of alkyl halides is 1. The van der Waals surface area contributed by atoms with E-state index >= 15 is 4.39 Å². The fraction of sp³-hybridized carbons (Fsp3) is 0.231. The highest BCUT2D eigenvalue weighted by atomic mass is 19.1. The summed E-state index contributed by atoms with van der Waals surface area (Å²) in [5.41, 5.74) is 6.11. The predicted molar refractivity (Wildman–Crippen MR) is 140 cm³/mol. The molecule has 1 saturated heterocycles. The van der Waals surface area contributed by atoms with Crippen LogP contribution in [0.15, 0.2) is 76.9 Å². The zero-order valence-corrected chi connectivity index (χ0v) is 21.3. The van der Waals surface area contributed by atoms with Gasteiger partial charge >= 0.3 is 5.97 Å². The zero-order chi connectivity index (χ0) is 29.1. The van der Waals surface area contributed by atoms with Crippen molar-refractivity contribution >= 4 is 34.8 Å². The Morgan fingerprint density at radius 2 is 1.83 bits per heavy atom. The number of halogens is 1. The Morgan fingerprint density at radius 3 is 2.46 bits per heavy atom. The van der Waals surface area contributed by atoms with Gasteiger partial charge in [0.15, 0.2) is 41.2 Å². The summed E-state index contributed by atoms with van der Waals surface area (Å²) in [6.07, 6.45) is -5.39. The quantitative estimate of drug-likeness (QED) is 0.107. The SMILES string of the molecule is CC(=O)Nc1nc2c(ncn2[C@@H]2O[C@@](CC(=O)c3ccccc3)(N=[N+]=[N-])[C@@H](F)[C@H]2OC(=O)c2ccccc2)c(=O)[nH]1. The molecule has 4 atom stereocenters. The molecule has 2 aromatic heterocycles. The minimum absolute atomic E-state index is 0.0955. The highest BCUT2D eigenvalue weighted by Gasteiger charge is 2.59. The standard InChI is InChI=1S/C26H21FN8O6/c1-14(36)30-25-31-21-18(22(38)32-25)29-13-35(21)23-19(40-24(39)16-10-6-3-7-11-16)20(27)26(41-23,33-34-28)12-17(37)15-8-4-2-5-9-15/h2-11,13,19-20,23H,12H2,1H3,(H2,30,31,32,36,38)/t19-,20+,23-,26-/m1/s1. The maximum atomic E-state index is 16.4. The number of ether oxygens (including phenoxy) is 2. The van der Waals surface area contributed by atoms with E-state index in [1.807, 2.05) is 0 Å². The van der Waals surface area contributed by atoms with E-state index in [0.717, 1.165) is 10.9 Å². The molecular weight excluding hydrogens is 539 g/mol. The number of nitrogens with one attached hydrogen (secondary N) is 2. The summed E-state index contributed by atoms with van der Waals surface area (Å²) < 4.78 is 29.0. The summed E-state index contributed by atoms with van der Waals surface area (Å²) in [7, 11) is 0. The number of carbonyl (C=O) groups is 3. The summed E-state index contributed by atoms with van der Waals surface area (Å²) in [6.45, 7) is 1.20. The van der Waals surface area contributed by atoms with Crippen LogP contribution in [0.1, 0.15) is 40.3 Å². The van der Waals surface area contributed by atoms with Crippen molar-refractivity contribution in [2.24, 2.45) is 5.11 Å². The van der Waals surface area contributed by atoms with Gasteiger partial charge in [-0.1, -0.05) is 53.6 Å². The van der Waals surface area contributed by atoms with E-state index in [-0.39, 0.29) is 28.2 Å². The smallest absolute Gasteiger partial charge is 0.338 e. The number of fused-ring (bicyclic) bond motifs is 1. The number of H-pyrrole nitrogens is 1. The van der Waals surface area contributed by atoms with Crippen LogP contribution in [0.5, 0.6) is 0 Å². The topological polar surface area (TPSA) is 194 Å². The number of anilines is 1. The minimum Gasteiger partial charge on any atom is -0.451 e. The molecule has 5 rings (SSSR count). The van der Waals surface area contributed by atoms with Crippen LogP contribution in [-0.2, 0) is 14.3 Å². The first-order valence-electron chi connectivity index (χ1n) is 12.2. The van der Waals surface area contributed by atoms with Crippen molar-refractivity contribution in [1.82, 2.24) is 19.5 Å². The maximum Gasteiger partial charge on any atom is 0.338 e. The van der Waals surface area contributed by atoms with Gasteiger partial charge in [-0.25, -0.2) is 14.2 Å². The molecule has 0 radical (unpaired) electrons. The number of hydrogen-bond acceptors (Lipinski definition) is 9. The number of esters is 1. The summed E-state index contributed by atoms with van der Waals surface area (Å²) in [5, 5.41) is 5.88. The summed E-state index contributed by atoms with van der Waals surface area (Å²) in [4.78, 5) is 63.6. The third-order valence-electron chi connectivity index (χ3n) is 6.30. The van der Waals surface area contributed by atoms with Gasteiger partial charge in [0.25, 0.3) is 5.56 Å². The van der Waals surface area contributed by atoms with Gasteiger partial charge in [0.05, 0.1) is 11.9 Å². The Labute approximate surface area is 229 Å². The minimum atomic E-state index is -2.45. The van der Waals surface area contributed by atoms with Crippen molar-refractivity contribution in [3.05, 3.63) is 98.9 Å². The number of carbonyl (C=O) groups excluding carboxylic acids is 3. The molecule has 2 N–H and O–H groups in total. The molecule has 3 heterocycles. The van der Waals surface area contributed by atoms with E-state index in [2.05, 4.69) is 30.3 Å². The van der Waals surface area contributed by atoms with Crippen LogP contribution in [0.3, 0.4) is 0 Å². The van der Waals surface area contributed by atoms with Crippen molar-refractivity contribution in [1.29, 1.82) is 0 Å². The largest absolute Gasteiger partial charge is 0.451 e. The molecule has 0 bridgehead atoms. The van der Waals surface area contributed by atoms with E-state index in [0.29, 0.717) is 0 Å². The molecule has 1 aliphatic rings. The Morgan fingerprint density at radius 1 is 1.17 bits per heavy atom. The fourth-order valence-electron chi connectivity index (χ4n) is 4.46. The Hall–Kier alpha value is -5.40. The molecule has 4 aromatic rings. The van der Waals surface area contributed by atoms with Crippen LogP contribution in [-0.4, -0.2) is 55.2 Å². The monoisotopic (exact) mass is 560 g/mol. The Bertz CT molecular complexity index is 1740. The molecule has 1 aliphatic heterocycles. The number of azide groups is 1. The first kappa shape index (κ1) is 27.2. The molecule has 41 heavy (non-hydrogen) atoms. The van der Waals surface area contributed by atoms with Crippen LogP contribution in [0, 0.1) is 0 Å². The van der Waals surface area contributed by atoms with Crippen LogP contribution < -0.4 is 10.9 Å². The van der Waals surface area contributed by atoms with Gasteiger partial charge in [-0.15, -0.1) is 0 Å². The Kier molecular flexibility index (Phi) is 7.29. The molecule has 0 aliphatic carbocycles. The van der Waals surface area contributed by atoms with Crippen molar-refractivity contribution < 1.29 is 28.2 Å². The second-order valence-corrected chi connectivity index (χ2v) is 9.07. The number of amides is 1. The highest BCUT2D eigenvalue weighted by Crippen LogP contribution is 2.45. The van der Waals surface area contributed by atoms with Gasteiger partial charge in [-0.05, 0) is 17.7 Å². The average Bonchev–Trinajstić information content (AvgIpc) is 3.49. The van der Waals surface area contributed by atoms with Crippen molar-refractivity contribution in [3.63, 3.8) is 0 Å². The molecule has 1 fully saturated rings. The number of aromatic amines is 1. The number of imidazole rings is 1. The van der Waals surface area contributed by atoms with E-state index in [4.69, 9.17) is 9.47 Å². The van der Waals surface area contributed by atoms with Gasteiger partial charge in [-0.2, -0.15) is 4.98 Å². The maximum absolute atomic E-state index is 16.4. The molecule has 14 nitrogen and oxygen atoms in total. The highest BCUT2D eigenvalue weighted by molar-refractivity contribution is 5.96. The van der Waals surface area contributed by atoms with Crippen LogP contribution in [0.2, 0.25) is 0 Å².